The molecule has 116 valence electrons. The Morgan fingerprint density at radius 2 is 1.90 bits per heavy atom. The summed E-state index contributed by atoms with van der Waals surface area (Å²) in [5, 5.41) is 7.44. The Balaban J connectivity index is 1.69. The number of piperidine rings is 1. The van der Waals surface area contributed by atoms with Gasteiger partial charge in [-0.25, -0.2) is 4.39 Å². The molecule has 1 aromatic rings. The molecule has 1 saturated carbocycles. The molecular formula is C17H24ClFN2. The van der Waals surface area contributed by atoms with Crippen molar-refractivity contribution in [3.8, 4) is 0 Å². The van der Waals surface area contributed by atoms with Crippen molar-refractivity contribution in [1.82, 2.24) is 5.32 Å². The molecule has 1 saturated heterocycles. The lowest BCUT2D eigenvalue weighted by molar-refractivity contribution is 0.217. The molecule has 3 unspecified atom stereocenters. The van der Waals surface area contributed by atoms with Crippen LogP contribution in [-0.4, -0.2) is 18.6 Å². The van der Waals surface area contributed by atoms with Crippen molar-refractivity contribution < 1.29 is 4.39 Å². The van der Waals surface area contributed by atoms with Gasteiger partial charge in [-0.15, -0.1) is 0 Å². The summed E-state index contributed by atoms with van der Waals surface area (Å²) in [6.07, 6.45) is 8.92. The van der Waals surface area contributed by atoms with Crippen molar-refractivity contribution in [2.24, 2.45) is 5.92 Å². The van der Waals surface area contributed by atoms with Crippen molar-refractivity contribution in [2.75, 3.05) is 11.9 Å². The van der Waals surface area contributed by atoms with Crippen LogP contribution in [0.5, 0.6) is 0 Å². The van der Waals surface area contributed by atoms with Crippen LogP contribution in [0.15, 0.2) is 18.2 Å². The Morgan fingerprint density at radius 3 is 2.67 bits per heavy atom. The number of anilines is 1. The molecule has 21 heavy (non-hydrogen) atoms. The third-order valence-corrected chi connectivity index (χ3v) is 5.26. The third kappa shape index (κ3) is 3.70. The summed E-state index contributed by atoms with van der Waals surface area (Å²) in [6.45, 7) is 1.14. The largest absolute Gasteiger partial charge is 0.382 e. The molecule has 3 atom stereocenters. The molecule has 2 N–H and O–H groups in total. The monoisotopic (exact) mass is 310 g/mol. The zero-order valence-corrected chi connectivity index (χ0v) is 13.1. The summed E-state index contributed by atoms with van der Waals surface area (Å²) in [6, 6.07) is 6.09. The second kappa shape index (κ2) is 6.97. The van der Waals surface area contributed by atoms with Gasteiger partial charge in [-0.3, -0.25) is 0 Å². The molecule has 0 aromatic heterocycles. The summed E-state index contributed by atoms with van der Waals surface area (Å²) in [4.78, 5) is 0. The first-order valence-electron chi connectivity index (χ1n) is 8.19. The smallest absolute Gasteiger partial charge is 0.143 e. The van der Waals surface area contributed by atoms with E-state index in [2.05, 4.69) is 10.6 Å². The third-order valence-electron chi connectivity index (χ3n) is 4.96. The van der Waals surface area contributed by atoms with Crippen molar-refractivity contribution >= 4 is 17.3 Å². The lowest BCUT2D eigenvalue weighted by Gasteiger charge is -2.40. The van der Waals surface area contributed by atoms with E-state index < -0.39 is 0 Å². The minimum Gasteiger partial charge on any atom is -0.382 e. The van der Waals surface area contributed by atoms with Gasteiger partial charge >= 0.3 is 0 Å². The normalized spacial score (nSPS) is 30.1. The summed E-state index contributed by atoms with van der Waals surface area (Å²) in [5.41, 5.74) is 0.851. The highest BCUT2D eigenvalue weighted by molar-refractivity contribution is 6.30. The Labute approximate surface area is 131 Å². The van der Waals surface area contributed by atoms with Crippen LogP contribution >= 0.6 is 11.6 Å². The van der Waals surface area contributed by atoms with Crippen LogP contribution in [0.25, 0.3) is 0 Å². The number of nitrogens with one attached hydrogen (secondary N) is 2. The number of rotatable bonds is 3. The average molecular weight is 311 g/mol. The fraction of sp³-hybridized carbons (Fsp3) is 0.647. The fourth-order valence-electron chi connectivity index (χ4n) is 3.86. The first-order chi connectivity index (χ1) is 10.2. The van der Waals surface area contributed by atoms with Crippen molar-refractivity contribution in [3.63, 3.8) is 0 Å². The number of hydrogen-bond donors (Lipinski definition) is 2. The second-order valence-electron chi connectivity index (χ2n) is 6.38. The topological polar surface area (TPSA) is 24.1 Å². The summed E-state index contributed by atoms with van der Waals surface area (Å²) in [7, 11) is 0. The predicted molar refractivity (Wildman–Crippen MR) is 86.4 cm³/mol. The van der Waals surface area contributed by atoms with Crippen molar-refractivity contribution in [3.05, 3.63) is 29.0 Å². The van der Waals surface area contributed by atoms with E-state index in [1.807, 2.05) is 6.07 Å². The number of halogens is 2. The van der Waals surface area contributed by atoms with Crippen LogP contribution in [0.1, 0.15) is 44.9 Å². The van der Waals surface area contributed by atoms with Gasteiger partial charge in [0, 0.05) is 17.8 Å². The van der Waals surface area contributed by atoms with E-state index >= 15 is 0 Å². The maximum absolute atomic E-state index is 13.6. The molecule has 1 heterocycles. The molecule has 1 aliphatic carbocycles. The first kappa shape index (κ1) is 15.1. The molecule has 0 spiro atoms. The fourth-order valence-corrected chi connectivity index (χ4v) is 3.98. The molecule has 0 bridgehead atoms. The highest BCUT2D eigenvalue weighted by Gasteiger charge is 2.32. The Bertz CT molecular complexity index is 474. The first-order valence-corrected chi connectivity index (χ1v) is 8.57. The molecule has 2 fully saturated rings. The van der Waals surface area contributed by atoms with Crippen LogP contribution in [0, 0.1) is 11.7 Å². The van der Waals surface area contributed by atoms with Gasteiger partial charge in [0.15, 0.2) is 0 Å². The van der Waals surface area contributed by atoms with Crippen LogP contribution in [-0.2, 0) is 0 Å². The van der Waals surface area contributed by atoms with Crippen LogP contribution in [0.2, 0.25) is 5.02 Å². The molecule has 0 amide bonds. The van der Waals surface area contributed by atoms with Crippen LogP contribution in [0.3, 0.4) is 0 Å². The van der Waals surface area contributed by atoms with E-state index in [1.165, 1.54) is 51.0 Å². The predicted octanol–water partition coefficient (Wildman–Crippen LogP) is 4.59. The zero-order chi connectivity index (χ0) is 14.7. The Morgan fingerprint density at radius 1 is 1.10 bits per heavy atom. The van der Waals surface area contributed by atoms with Gasteiger partial charge in [-0.1, -0.05) is 30.9 Å². The lowest BCUT2D eigenvalue weighted by Crippen LogP contribution is -2.48. The molecule has 2 nitrogen and oxygen atoms in total. The van der Waals surface area contributed by atoms with Gasteiger partial charge in [0.1, 0.15) is 5.82 Å². The quantitative estimate of drug-likeness (QED) is 0.853. The van der Waals surface area contributed by atoms with Crippen LogP contribution in [0.4, 0.5) is 10.1 Å². The van der Waals surface area contributed by atoms with Gasteiger partial charge < -0.3 is 10.6 Å². The SMILES string of the molecule is Fc1cc(NC2CCCCC2C2CCCCN2)ccc1Cl. The molecule has 1 aromatic carbocycles. The highest BCUT2D eigenvalue weighted by atomic mass is 35.5. The summed E-state index contributed by atoms with van der Waals surface area (Å²) in [5.74, 6) is 0.308. The molecule has 4 heteroatoms. The number of benzene rings is 1. The van der Waals surface area contributed by atoms with E-state index in [-0.39, 0.29) is 10.8 Å². The van der Waals surface area contributed by atoms with Gasteiger partial charge in [0.2, 0.25) is 0 Å². The van der Waals surface area contributed by atoms with Gasteiger partial charge in [0.25, 0.3) is 0 Å². The van der Waals surface area contributed by atoms with E-state index in [9.17, 15) is 4.39 Å². The Hall–Kier alpha value is -0.800. The minimum absolute atomic E-state index is 0.190. The van der Waals surface area contributed by atoms with E-state index in [1.54, 1.807) is 6.07 Å². The standard InChI is InChI=1S/C17H24ClFN2/c18-14-9-8-12(11-15(14)19)21-17-7-2-1-5-13(17)16-6-3-4-10-20-16/h8-9,11,13,16-17,20-21H,1-7,10H2. The zero-order valence-electron chi connectivity index (χ0n) is 12.4. The second-order valence-corrected chi connectivity index (χ2v) is 6.79. The van der Waals surface area contributed by atoms with E-state index in [4.69, 9.17) is 11.6 Å². The highest BCUT2D eigenvalue weighted by Crippen LogP contribution is 2.33. The summed E-state index contributed by atoms with van der Waals surface area (Å²) < 4.78 is 13.6. The summed E-state index contributed by atoms with van der Waals surface area (Å²) >= 11 is 5.76. The molecular weight excluding hydrogens is 287 g/mol. The number of hydrogen-bond acceptors (Lipinski definition) is 2. The maximum Gasteiger partial charge on any atom is 0.143 e. The van der Waals surface area contributed by atoms with E-state index in [0.717, 1.165) is 12.2 Å². The van der Waals surface area contributed by atoms with Gasteiger partial charge in [-0.05, 0) is 56.3 Å². The van der Waals surface area contributed by atoms with Crippen molar-refractivity contribution in [1.29, 1.82) is 0 Å². The average Bonchev–Trinajstić information content (AvgIpc) is 2.52. The molecule has 3 rings (SSSR count). The Kier molecular flexibility index (Phi) is 5.02. The lowest BCUT2D eigenvalue weighted by atomic mass is 9.77. The molecule has 2 aliphatic rings. The molecule has 0 radical (unpaired) electrons. The maximum atomic E-state index is 13.6. The molecule has 1 aliphatic heterocycles. The minimum atomic E-state index is -0.343. The van der Waals surface area contributed by atoms with E-state index in [0.29, 0.717) is 18.0 Å². The van der Waals surface area contributed by atoms with Gasteiger partial charge in [0.05, 0.1) is 5.02 Å². The van der Waals surface area contributed by atoms with Crippen LogP contribution < -0.4 is 10.6 Å². The van der Waals surface area contributed by atoms with Crippen molar-refractivity contribution in [2.45, 2.75) is 57.0 Å². The van der Waals surface area contributed by atoms with Gasteiger partial charge in [-0.2, -0.15) is 0 Å².